The van der Waals surface area contributed by atoms with Gasteiger partial charge in [-0.1, -0.05) is 32.1 Å². The van der Waals surface area contributed by atoms with Crippen LogP contribution in [-0.4, -0.2) is 72.4 Å². The molecular formula is C24H31N7O4. The van der Waals surface area contributed by atoms with E-state index in [-0.39, 0.29) is 24.8 Å². The number of aliphatic hydroxyl groups excluding tert-OH is 1. The molecule has 4 atom stereocenters. The lowest BCUT2D eigenvalue weighted by Crippen LogP contribution is -2.55. The van der Waals surface area contributed by atoms with Crippen molar-refractivity contribution in [1.82, 2.24) is 30.2 Å². The van der Waals surface area contributed by atoms with E-state index in [4.69, 9.17) is 0 Å². The van der Waals surface area contributed by atoms with E-state index in [1.165, 1.54) is 4.90 Å². The average Bonchev–Trinajstić information content (AvgIpc) is 3.40. The van der Waals surface area contributed by atoms with Gasteiger partial charge in [-0.15, -0.1) is 5.10 Å². The number of carbonyl (C=O) groups excluding carboxylic acids is 3. The molecule has 186 valence electrons. The first-order valence-corrected chi connectivity index (χ1v) is 12.1. The molecule has 2 aromatic rings. The zero-order valence-corrected chi connectivity index (χ0v) is 20.1. The second-order valence-electron chi connectivity index (χ2n) is 10.8. The van der Waals surface area contributed by atoms with Crippen molar-refractivity contribution in [3.63, 3.8) is 0 Å². The number of fused-ring (bicyclic) bond motifs is 1. The second kappa shape index (κ2) is 8.71. The van der Waals surface area contributed by atoms with E-state index in [1.807, 2.05) is 33.0 Å². The first kappa shape index (κ1) is 23.4. The van der Waals surface area contributed by atoms with Gasteiger partial charge in [0.1, 0.15) is 23.9 Å². The van der Waals surface area contributed by atoms with E-state index in [0.717, 1.165) is 24.1 Å². The standard InChI is InChI=1S/C24H31N7O4/c1-24(2,3)19(31-12-17(28-29-31)13-6-7-13)23(35)30-11-15(32)10-18(30)22(34)26-16-9-14-5-4-8-25-20(14)27-21(16)33/h4-5,8,12-13,15-16,18-19,32H,6-7,9-11H2,1-3H3,(H,26,34)(H,25,27,33)/t15-,16?,18+,19-/m1/s1. The van der Waals surface area contributed by atoms with E-state index >= 15 is 0 Å². The van der Waals surface area contributed by atoms with E-state index in [9.17, 15) is 19.5 Å². The Kier molecular flexibility index (Phi) is 5.82. The van der Waals surface area contributed by atoms with Crippen LogP contribution in [0.15, 0.2) is 24.5 Å². The fourth-order valence-electron chi connectivity index (χ4n) is 4.94. The minimum absolute atomic E-state index is 0.0390. The van der Waals surface area contributed by atoms with Crippen LogP contribution in [0.3, 0.4) is 0 Å². The number of pyridine rings is 1. The van der Waals surface area contributed by atoms with Crippen molar-refractivity contribution in [3.8, 4) is 0 Å². The molecule has 3 amide bonds. The number of rotatable bonds is 5. The minimum Gasteiger partial charge on any atom is -0.391 e. The summed E-state index contributed by atoms with van der Waals surface area (Å²) >= 11 is 0. The number of anilines is 1. The van der Waals surface area contributed by atoms with Gasteiger partial charge in [0.2, 0.25) is 17.7 Å². The van der Waals surface area contributed by atoms with E-state index < -0.39 is 35.6 Å². The summed E-state index contributed by atoms with van der Waals surface area (Å²) in [5.74, 6) is -0.240. The highest BCUT2D eigenvalue weighted by Gasteiger charge is 2.46. The third-order valence-electron chi connectivity index (χ3n) is 6.90. The number of nitrogens with zero attached hydrogens (tertiary/aromatic N) is 5. The normalized spacial score (nSPS) is 25.1. The van der Waals surface area contributed by atoms with Gasteiger partial charge in [-0.25, -0.2) is 9.67 Å². The van der Waals surface area contributed by atoms with E-state index in [1.54, 1.807) is 16.9 Å². The maximum Gasteiger partial charge on any atom is 0.248 e. The quantitative estimate of drug-likeness (QED) is 0.573. The molecule has 11 nitrogen and oxygen atoms in total. The molecule has 2 fully saturated rings. The van der Waals surface area contributed by atoms with Gasteiger partial charge < -0.3 is 20.6 Å². The van der Waals surface area contributed by atoms with Crippen molar-refractivity contribution in [1.29, 1.82) is 0 Å². The lowest BCUT2D eigenvalue weighted by molar-refractivity contribution is -0.144. The van der Waals surface area contributed by atoms with Crippen molar-refractivity contribution < 1.29 is 19.5 Å². The first-order chi connectivity index (χ1) is 16.6. The van der Waals surface area contributed by atoms with Gasteiger partial charge >= 0.3 is 0 Å². The molecule has 1 saturated carbocycles. The Labute approximate surface area is 203 Å². The highest BCUT2D eigenvalue weighted by Crippen LogP contribution is 2.40. The summed E-state index contributed by atoms with van der Waals surface area (Å²) in [5.41, 5.74) is 1.18. The average molecular weight is 482 g/mol. The topological polar surface area (TPSA) is 142 Å². The SMILES string of the molecule is CC(C)(C)[C@@H](C(=O)N1C[C@H](O)C[C@H]1C(=O)NC1Cc2cccnc2NC1=O)n1cc(C2CC2)nn1. The summed E-state index contributed by atoms with van der Waals surface area (Å²) < 4.78 is 1.59. The lowest BCUT2D eigenvalue weighted by Gasteiger charge is -2.35. The molecule has 5 rings (SSSR count). The third kappa shape index (κ3) is 4.64. The smallest absolute Gasteiger partial charge is 0.248 e. The van der Waals surface area contributed by atoms with Crippen LogP contribution < -0.4 is 10.6 Å². The van der Waals surface area contributed by atoms with Crippen LogP contribution in [0, 0.1) is 5.41 Å². The summed E-state index contributed by atoms with van der Waals surface area (Å²) in [6.45, 7) is 5.85. The van der Waals surface area contributed by atoms with Crippen molar-refractivity contribution >= 4 is 23.5 Å². The monoisotopic (exact) mass is 481 g/mol. The number of β-amino-alcohol motifs (C(OH)–C–C–N with tert-alkyl or cyclic N) is 1. The zero-order chi connectivity index (χ0) is 24.9. The second-order valence-corrected chi connectivity index (χ2v) is 10.8. The van der Waals surface area contributed by atoms with Gasteiger partial charge in [0.15, 0.2) is 0 Å². The van der Waals surface area contributed by atoms with Crippen molar-refractivity contribution in [2.75, 3.05) is 11.9 Å². The maximum absolute atomic E-state index is 13.8. The lowest BCUT2D eigenvalue weighted by atomic mass is 9.85. The van der Waals surface area contributed by atoms with Gasteiger partial charge in [0.05, 0.1) is 11.8 Å². The Morgan fingerprint density at radius 2 is 2.06 bits per heavy atom. The molecule has 1 saturated heterocycles. The van der Waals surface area contributed by atoms with Crippen molar-refractivity contribution in [3.05, 3.63) is 35.8 Å². The molecule has 4 heterocycles. The number of aromatic nitrogens is 4. The highest BCUT2D eigenvalue weighted by molar-refractivity contribution is 6.00. The summed E-state index contributed by atoms with van der Waals surface area (Å²) in [6, 6.07) is 1.24. The number of nitrogens with one attached hydrogen (secondary N) is 2. The third-order valence-corrected chi connectivity index (χ3v) is 6.90. The van der Waals surface area contributed by atoms with E-state index in [0.29, 0.717) is 18.2 Å². The summed E-state index contributed by atoms with van der Waals surface area (Å²) in [7, 11) is 0. The zero-order valence-electron chi connectivity index (χ0n) is 20.1. The summed E-state index contributed by atoms with van der Waals surface area (Å²) in [6.07, 6.45) is 5.13. The molecule has 3 aliphatic rings. The van der Waals surface area contributed by atoms with Crippen LogP contribution in [-0.2, 0) is 20.8 Å². The largest absolute Gasteiger partial charge is 0.391 e. The molecule has 1 unspecified atom stereocenters. The van der Waals surface area contributed by atoms with Gasteiger partial charge in [0, 0.05) is 37.7 Å². The fraction of sp³-hybridized carbons (Fsp3) is 0.583. The molecular weight excluding hydrogens is 450 g/mol. The molecule has 0 bridgehead atoms. The molecule has 2 aliphatic heterocycles. The number of aliphatic hydroxyl groups is 1. The van der Waals surface area contributed by atoms with Gasteiger partial charge in [-0.05, 0) is 29.9 Å². The highest BCUT2D eigenvalue weighted by atomic mass is 16.3. The van der Waals surface area contributed by atoms with Crippen LogP contribution >= 0.6 is 0 Å². The number of carbonyl (C=O) groups is 3. The van der Waals surface area contributed by atoms with Gasteiger partial charge in [-0.3, -0.25) is 14.4 Å². The molecule has 35 heavy (non-hydrogen) atoms. The Bertz CT molecular complexity index is 1150. The summed E-state index contributed by atoms with van der Waals surface area (Å²) in [4.78, 5) is 45.3. The predicted molar refractivity (Wildman–Crippen MR) is 125 cm³/mol. The molecule has 3 N–H and O–H groups in total. The first-order valence-electron chi connectivity index (χ1n) is 12.1. The molecule has 1 aliphatic carbocycles. The molecule has 2 aromatic heterocycles. The van der Waals surface area contributed by atoms with Crippen LogP contribution in [0.2, 0.25) is 0 Å². The van der Waals surface area contributed by atoms with Crippen LogP contribution in [0.25, 0.3) is 0 Å². The van der Waals surface area contributed by atoms with Crippen molar-refractivity contribution in [2.45, 2.75) is 76.6 Å². The number of hydrogen-bond acceptors (Lipinski definition) is 7. The van der Waals surface area contributed by atoms with Crippen LogP contribution in [0.4, 0.5) is 5.82 Å². The minimum atomic E-state index is -0.892. The Balaban J connectivity index is 1.35. The van der Waals surface area contributed by atoms with Gasteiger partial charge in [-0.2, -0.15) is 0 Å². The molecule has 11 heteroatoms. The number of hydrogen-bond donors (Lipinski definition) is 3. The predicted octanol–water partition coefficient (Wildman–Crippen LogP) is 0.779. The summed E-state index contributed by atoms with van der Waals surface area (Å²) in [5, 5.41) is 24.4. The van der Waals surface area contributed by atoms with Crippen molar-refractivity contribution in [2.24, 2.45) is 5.41 Å². The Hall–Kier alpha value is -3.34. The molecule has 0 aromatic carbocycles. The van der Waals surface area contributed by atoms with Crippen LogP contribution in [0.1, 0.15) is 63.3 Å². The van der Waals surface area contributed by atoms with Crippen LogP contribution in [0.5, 0.6) is 0 Å². The maximum atomic E-state index is 13.8. The van der Waals surface area contributed by atoms with E-state index in [2.05, 4.69) is 25.9 Å². The molecule has 0 radical (unpaired) electrons. The number of amides is 3. The van der Waals surface area contributed by atoms with Gasteiger partial charge in [0.25, 0.3) is 0 Å². The Morgan fingerprint density at radius 3 is 2.77 bits per heavy atom. The molecule has 0 spiro atoms. The Morgan fingerprint density at radius 1 is 1.29 bits per heavy atom. The number of likely N-dealkylation sites (tertiary alicyclic amines) is 1. The fourth-order valence-corrected chi connectivity index (χ4v) is 4.94.